The number of benzene rings is 2. The predicted octanol–water partition coefficient (Wildman–Crippen LogP) is 4.58. The molecule has 2 aromatic heterocycles. The average molecular weight is 331 g/mol. The molecular weight excluding hydrogens is 314 g/mol. The number of hydrogen-bond acceptors (Lipinski definition) is 5. The molecule has 0 spiro atoms. The normalized spacial score (nSPS) is 11.0. The van der Waals surface area contributed by atoms with Gasteiger partial charge in [0.15, 0.2) is 0 Å². The van der Waals surface area contributed by atoms with Crippen molar-refractivity contribution < 1.29 is 9.15 Å². The fourth-order valence-corrected chi connectivity index (χ4v) is 2.87. The van der Waals surface area contributed by atoms with Gasteiger partial charge in [0.05, 0.1) is 18.4 Å². The fourth-order valence-electron chi connectivity index (χ4n) is 2.87. The molecule has 0 aliphatic rings. The Hall–Kier alpha value is -3.21. The van der Waals surface area contributed by atoms with Gasteiger partial charge in [0.1, 0.15) is 11.3 Å². The zero-order valence-corrected chi connectivity index (χ0v) is 14.3. The summed E-state index contributed by atoms with van der Waals surface area (Å²) in [5, 5.41) is 9.37. The van der Waals surface area contributed by atoms with Crippen LogP contribution in [0.25, 0.3) is 33.8 Å². The number of pyridine rings is 1. The van der Waals surface area contributed by atoms with Crippen LogP contribution in [-0.4, -0.2) is 22.3 Å². The van der Waals surface area contributed by atoms with Gasteiger partial charge in [-0.1, -0.05) is 29.8 Å². The van der Waals surface area contributed by atoms with E-state index in [1.807, 2.05) is 62.4 Å². The van der Waals surface area contributed by atoms with E-state index >= 15 is 0 Å². The van der Waals surface area contributed by atoms with Gasteiger partial charge in [-0.05, 0) is 38.1 Å². The lowest BCUT2D eigenvalue weighted by Crippen LogP contribution is -1.93. The van der Waals surface area contributed by atoms with Crippen LogP contribution >= 0.6 is 0 Å². The van der Waals surface area contributed by atoms with Crippen LogP contribution in [0.3, 0.4) is 0 Å². The Kier molecular flexibility index (Phi) is 3.69. The number of hydrogen-bond donors (Lipinski definition) is 0. The molecule has 5 nitrogen and oxygen atoms in total. The van der Waals surface area contributed by atoms with Gasteiger partial charge in [-0.15, -0.1) is 10.2 Å². The van der Waals surface area contributed by atoms with E-state index in [9.17, 15) is 0 Å². The number of fused-ring (bicyclic) bond motifs is 1. The summed E-state index contributed by atoms with van der Waals surface area (Å²) >= 11 is 0. The maximum atomic E-state index is 5.90. The summed E-state index contributed by atoms with van der Waals surface area (Å²) < 4.78 is 11.3. The molecule has 0 bridgehead atoms. The first-order chi connectivity index (χ1) is 12.2. The van der Waals surface area contributed by atoms with Crippen molar-refractivity contribution in [2.24, 2.45) is 0 Å². The third kappa shape index (κ3) is 2.74. The van der Waals surface area contributed by atoms with Gasteiger partial charge < -0.3 is 9.15 Å². The number of aryl methyl sites for hydroxylation is 2. The number of nitrogens with zero attached hydrogens (tertiary/aromatic N) is 3. The molecule has 0 N–H and O–H groups in total. The second-order valence-corrected chi connectivity index (χ2v) is 5.94. The van der Waals surface area contributed by atoms with Gasteiger partial charge in [-0.3, -0.25) is 0 Å². The summed E-state index contributed by atoms with van der Waals surface area (Å²) in [5.74, 6) is 1.72. The van der Waals surface area contributed by atoms with Gasteiger partial charge in [0.25, 0.3) is 0 Å². The third-order valence-corrected chi connectivity index (χ3v) is 4.14. The van der Waals surface area contributed by atoms with E-state index in [4.69, 9.17) is 9.15 Å². The molecule has 0 aliphatic carbocycles. The molecule has 2 heterocycles. The first-order valence-electron chi connectivity index (χ1n) is 8.01. The highest BCUT2D eigenvalue weighted by Crippen LogP contribution is 2.31. The number of para-hydroxylation sites is 1. The summed E-state index contributed by atoms with van der Waals surface area (Å²) in [6, 6.07) is 15.8. The highest BCUT2D eigenvalue weighted by atomic mass is 16.5. The van der Waals surface area contributed by atoms with Crippen LogP contribution in [0.4, 0.5) is 0 Å². The number of aromatic nitrogens is 3. The Morgan fingerprint density at radius 3 is 2.52 bits per heavy atom. The van der Waals surface area contributed by atoms with Crippen LogP contribution in [0.5, 0.6) is 5.75 Å². The first-order valence-corrected chi connectivity index (χ1v) is 8.01. The zero-order chi connectivity index (χ0) is 17.4. The van der Waals surface area contributed by atoms with E-state index in [2.05, 4.69) is 15.2 Å². The van der Waals surface area contributed by atoms with Crippen molar-refractivity contribution in [3.8, 4) is 28.7 Å². The smallest absolute Gasteiger partial charge is 0.250 e. The second kappa shape index (κ2) is 6.02. The molecule has 0 atom stereocenters. The molecular formula is C20H17N3O2. The van der Waals surface area contributed by atoms with E-state index in [1.165, 1.54) is 0 Å². The van der Waals surface area contributed by atoms with Gasteiger partial charge in [-0.25, -0.2) is 4.98 Å². The van der Waals surface area contributed by atoms with E-state index in [-0.39, 0.29) is 0 Å². The molecule has 0 amide bonds. The van der Waals surface area contributed by atoms with Crippen molar-refractivity contribution in [3.05, 3.63) is 59.8 Å². The van der Waals surface area contributed by atoms with Gasteiger partial charge in [-0.2, -0.15) is 0 Å². The molecule has 4 rings (SSSR count). The third-order valence-electron chi connectivity index (χ3n) is 4.14. The summed E-state index contributed by atoms with van der Waals surface area (Å²) in [6.45, 7) is 3.96. The first kappa shape index (κ1) is 15.3. The van der Waals surface area contributed by atoms with Gasteiger partial charge in [0.2, 0.25) is 11.8 Å². The van der Waals surface area contributed by atoms with Crippen molar-refractivity contribution in [1.29, 1.82) is 0 Å². The minimum atomic E-state index is 0.464. The maximum Gasteiger partial charge on any atom is 0.250 e. The van der Waals surface area contributed by atoms with Crippen molar-refractivity contribution in [2.45, 2.75) is 13.8 Å². The van der Waals surface area contributed by atoms with E-state index in [0.29, 0.717) is 11.8 Å². The van der Waals surface area contributed by atoms with Crippen LogP contribution in [-0.2, 0) is 0 Å². The summed E-state index contributed by atoms with van der Waals surface area (Å²) in [6.07, 6.45) is 0. The minimum Gasteiger partial charge on any atom is -0.494 e. The number of ether oxygens (including phenoxy) is 1. The van der Waals surface area contributed by atoms with Crippen LogP contribution in [0.2, 0.25) is 0 Å². The Bertz CT molecular complexity index is 1070. The van der Waals surface area contributed by atoms with E-state index in [0.717, 1.165) is 39.0 Å². The van der Waals surface area contributed by atoms with Crippen LogP contribution < -0.4 is 4.74 Å². The molecule has 0 saturated carbocycles. The standard InChI is InChI=1S/C20H17N3O2/c1-12-6-4-8-15(10-12)19-22-23-20(25-19)16-11-14-7-5-9-17(24-3)18(14)21-13(16)2/h4-11H,1-3H3. The summed E-state index contributed by atoms with van der Waals surface area (Å²) in [7, 11) is 1.64. The average Bonchev–Trinajstić information content (AvgIpc) is 3.10. The van der Waals surface area contributed by atoms with Crippen LogP contribution in [0, 0.1) is 13.8 Å². The maximum absolute atomic E-state index is 5.90. The summed E-state index contributed by atoms with van der Waals surface area (Å²) in [4.78, 5) is 4.67. The van der Waals surface area contributed by atoms with E-state index < -0.39 is 0 Å². The predicted molar refractivity (Wildman–Crippen MR) is 96.5 cm³/mol. The lowest BCUT2D eigenvalue weighted by Gasteiger charge is -2.07. The number of methoxy groups -OCH3 is 1. The highest BCUT2D eigenvalue weighted by Gasteiger charge is 2.15. The lowest BCUT2D eigenvalue weighted by atomic mass is 10.1. The van der Waals surface area contributed by atoms with E-state index in [1.54, 1.807) is 7.11 Å². The molecule has 0 aliphatic heterocycles. The van der Waals surface area contributed by atoms with Crippen molar-refractivity contribution in [3.63, 3.8) is 0 Å². The highest BCUT2D eigenvalue weighted by molar-refractivity contribution is 5.88. The molecule has 0 fully saturated rings. The quantitative estimate of drug-likeness (QED) is 0.550. The lowest BCUT2D eigenvalue weighted by molar-refractivity contribution is 0.419. The molecule has 0 unspecified atom stereocenters. The molecule has 2 aromatic carbocycles. The minimum absolute atomic E-state index is 0.464. The molecule has 0 saturated heterocycles. The van der Waals surface area contributed by atoms with Gasteiger partial charge >= 0.3 is 0 Å². The summed E-state index contributed by atoms with van der Waals surface area (Å²) in [5.41, 5.74) is 4.52. The van der Waals surface area contributed by atoms with Gasteiger partial charge in [0, 0.05) is 10.9 Å². The molecule has 124 valence electrons. The molecule has 5 heteroatoms. The second-order valence-electron chi connectivity index (χ2n) is 5.94. The van der Waals surface area contributed by atoms with Crippen LogP contribution in [0.1, 0.15) is 11.3 Å². The Balaban J connectivity index is 1.81. The Morgan fingerprint density at radius 2 is 1.72 bits per heavy atom. The van der Waals surface area contributed by atoms with Crippen LogP contribution in [0.15, 0.2) is 52.9 Å². The zero-order valence-electron chi connectivity index (χ0n) is 14.3. The van der Waals surface area contributed by atoms with Crippen molar-refractivity contribution in [2.75, 3.05) is 7.11 Å². The topological polar surface area (TPSA) is 61.0 Å². The van der Waals surface area contributed by atoms with Crippen molar-refractivity contribution in [1.82, 2.24) is 15.2 Å². The van der Waals surface area contributed by atoms with Crippen molar-refractivity contribution >= 4 is 10.9 Å². The fraction of sp³-hybridized carbons (Fsp3) is 0.150. The SMILES string of the molecule is COc1cccc2cc(-c3nnc(-c4cccc(C)c4)o3)c(C)nc12. The molecule has 0 radical (unpaired) electrons. The monoisotopic (exact) mass is 331 g/mol. The number of rotatable bonds is 3. The Labute approximate surface area is 145 Å². The molecule has 4 aromatic rings. The Morgan fingerprint density at radius 1 is 0.920 bits per heavy atom. The largest absolute Gasteiger partial charge is 0.494 e. The molecule has 25 heavy (non-hydrogen) atoms.